The molecule has 0 saturated heterocycles. The number of halogens is 1. The Hall–Kier alpha value is -2.33. The summed E-state index contributed by atoms with van der Waals surface area (Å²) in [6.07, 6.45) is 0.451. The largest absolute Gasteiger partial charge is 0.444 e. The first-order chi connectivity index (χ1) is 9.69. The summed E-state index contributed by atoms with van der Waals surface area (Å²) in [7, 11) is 0. The predicted octanol–water partition coefficient (Wildman–Crippen LogP) is 2.52. The highest BCUT2D eigenvalue weighted by Gasteiger charge is 2.15. The highest BCUT2D eigenvalue weighted by Crippen LogP contribution is 2.17. The van der Waals surface area contributed by atoms with Crippen LogP contribution in [0.5, 0.6) is 0 Å². The van der Waals surface area contributed by atoms with Gasteiger partial charge in [-0.2, -0.15) is 0 Å². The number of hydrogen-bond acceptors (Lipinski definition) is 5. The number of hydrogen-bond donors (Lipinski definition) is 1. The maximum absolute atomic E-state index is 11.4. The van der Waals surface area contributed by atoms with Gasteiger partial charge in [0.1, 0.15) is 17.0 Å². The van der Waals surface area contributed by atoms with E-state index in [4.69, 9.17) is 16.3 Å². The Morgan fingerprint density at radius 2 is 2.24 bits per heavy atom. The number of nitrogens with zero attached hydrogens (tertiary/aromatic N) is 2. The van der Waals surface area contributed by atoms with Crippen molar-refractivity contribution in [1.82, 2.24) is 10.3 Å². The molecule has 1 aromatic heterocycles. The van der Waals surface area contributed by atoms with Gasteiger partial charge in [0.2, 0.25) is 0 Å². The lowest BCUT2D eigenvalue weighted by molar-refractivity contribution is -0.385. The number of nitro groups is 1. The molecule has 0 unspecified atom stereocenters. The van der Waals surface area contributed by atoms with Crippen LogP contribution in [0, 0.1) is 22.0 Å². The van der Waals surface area contributed by atoms with Gasteiger partial charge in [0, 0.05) is 6.07 Å². The number of nitrogens with one attached hydrogen (secondary N) is 1. The SMILES string of the molecule is CC(C)(C)OC(=O)NCC#Cc1cc([N+](=O)[O-])cnc1Cl. The maximum Gasteiger partial charge on any atom is 0.408 e. The molecule has 1 amide bonds. The van der Waals surface area contributed by atoms with Gasteiger partial charge in [-0.25, -0.2) is 9.78 Å². The summed E-state index contributed by atoms with van der Waals surface area (Å²) in [5, 5.41) is 13.1. The lowest BCUT2D eigenvalue weighted by Gasteiger charge is -2.18. The van der Waals surface area contributed by atoms with E-state index >= 15 is 0 Å². The van der Waals surface area contributed by atoms with Crippen LogP contribution < -0.4 is 5.32 Å². The van der Waals surface area contributed by atoms with Crippen LogP contribution >= 0.6 is 11.6 Å². The van der Waals surface area contributed by atoms with Crippen LogP contribution in [0.4, 0.5) is 10.5 Å². The molecule has 0 atom stereocenters. The van der Waals surface area contributed by atoms with Gasteiger partial charge in [-0.3, -0.25) is 10.1 Å². The van der Waals surface area contributed by atoms with Crippen LogP contribution in [0.3, 0.4) is 0 Å². The smallest absolute Gasteiger partial charge is 0.408 e. The second kappa shape index (κ2) is 6.90. The van der Waals surface area contributed by atoms with E-state index < -0.39 is 16.6 Å². The fraction of sp³-hybridized carbons (Fsp3) is 0.385. The third-order valence-corrected chi connectivity index (χ3v) is 2.28. The zero-order chi connectivity index (χ0) is 16.0. The molecular weight excluding hydrogens is 298 g/mol. The van der Waals surface area contributed by atoms with Crippen molar-refractivity contribution in [2.24, 2.45) is 0 Å². The summed E-state index contributed by atoms with van der Waals surface area (Å²) in [4.78, 5) is 25.1. The van der Waals surface area contributed by atoms with Crippen molar-refractivity contribution in [3.05, 3.63) is 33.1 Å². The van der Waals surface area contributed by atoms with Crippen molar-refractivity contribution in [3.63, 3.8) is 0 Å². The molecule has 1 aromatic rings. The molecule has 0 aromatic carbocycles. The number of carbonyl (C=O) groups excluding carboxylic acids is 1. The molecule has 1 N–H and O–H groups in total. The van der Waals surface area contributed by atoms with Crippen LogP contribution in [0.25, 0.3) is 0 Å². The average Bonchev–Trinajstić information content (AvgIpc) is 2.34. The van der Waals surface area contributed by atoms with E-state index in [0.717, 1.165) is 6.20 Å². The van der Waals surface area contributed by atoms with Gasteiger partial charge in [0.05, 0.1) is 17.0 Å². The van der Waals surface area contributed by atoms with Gasteiger partial charge in [-0.05, 0) is 20.8 Å². The summed E-state index contributed by atoms with van der Waals surface area (Å²) in [5.41, 5.74) is -0.578. The van der Waals surface area contributed by atoms with E-state index in [1.807, 2.05) is 0 Å². The van der Waals surface area contributed by atoms with E-state index in [-0.39, 0.29) is 22.9 Å². The summed E-state index contributed by atoms with van der Waals surface area (Å²) >= 11 is 5.78. The van der Waals surface area contributed by atoms with Crippen LogP contribution in [0.1, 0.15) is 26.3 Å². The Morgan fingerprint density at radius 3 is 2.81 bits per heavy atom. The monoisotopic (exact) mass is 311 g/mol. The Morgan fingerprint density at radius 1 is 1.57 bits per heavy atom. The van der Waals surface area contributed by atoms with Crippen molar-refractivity contribution in [1.29, 1.82) is 0 Å². The minimum Gasteiger partial charge on any atom is -0.444 e. The fourth-order valence-corrected chi connectivity index (χ4v) is 1.35. The molecule has 0 aliphatic heterocycles. The molecule has 1 rings (SSSR count). The molecule has 0 aliphatic carbocycles. The van der Waals surface area contributed by atoms with E-state index in [1.165, 1.54) is 6.07 Å². The van der Waals surface area contributed by atoms with Crippen molar-refractivity contribution in [2.75, 3.05) is 6.54 Å². The zero-order valence-electron chi connectivity index (χ0n) is 11.8. The molecule has 0 radical (unpaired) electrons. The normalized spacial score (nSPS) is 10.3. The van der Waals surface area contributed by atoms with E-state index in [2.05, 4.69) is 22.1 Å². The molecular formula is C13H14ClN3O4. The number of carbonyl (C=O) groups is 1. The molecule has 0 fully saturated rings. The standard InChI is InChI=1S/C13H14ClN3O4/c1-13(2,3)21-12(18)15-6-4-5-9-7-10(17(19)20)8-16-11(9)14/h7-8H,6H2,1-3H3,(H,15,18). The maximum atomic E-state index is 11.4. The number of alkyl carbamates (subject to hydrolysis) is 1. The summed E-state index contributed by atoms with van der Waals surface area (Å²) < 4.78 is 5.02. The van der Waals surface area contributed by atoms with Gasteiger partial charge in [-0.15, -0.1) is 0 Å². The van der Waals surface area contributed by atoms with E-state index in [9.17, 15) is 14.9 Å². The lowest BCUT2D eigenvalue weighted by atomic mass is 10.2. The number of ether oxygens (including phenoxy) is 1. The highest BCUT2D eigenvalue weighted by molar-refractivity contribution is 6.30. The quantitative estimate of drug-likeness (QED) is 0.392. The molecule has 8 heteroatoms. The predicted molar refractivity (Wildman–Crippen MR) is 77.0 cm³/mol. The summed E-state index contributed by atoms with van der Waals surface area (Å²) in [6, 6.07) is 1.22. The molecule has 0 bridgehead atoms. The average molecular weight is 312 g/mol. The van der Waals surface area contributed by atoms with Gasteiger partial charge in [-0.1, -0.05) is 23.4 Å². The summed E-state index contributed by atoms with van der Waals surface area (Å²) in [5.74, 6) is 5.22. The molecule has 0 saturated carbocycles. The Bertz CT molecular complexity index is 614. The Balaban J connectivity index is 2.65. The molecule has 112 valence electrons. The second-order valence-electron chi connectivity index (χ2n) is 4.95. The van der Waals surface area contributed by atoms with Gasteiger partial charge < -0.3 is 10.1 Å². The third kappa shape index (κ3) is 6.10. The Labute approximate surface area is 126 Å². The van der Waals surface area contributed by atoms with Crippen LogP contribution in [0.2, 0.25) is 5.15 Å². The Kier molecular flexibility index (Phi) is 5.50. The molecule has 0 aliphatic rings. The zero-order valence-corrected chi connectivity index (χ0v) is 12.5. The van der Waals surface area contributed by atoms with Gasteiger partial charge in [0.25, 0.3) is 5.69 Å². The van der Waals surface area contributed by atoms with Crippen LogP contribution in [-0.2, 0) is 4.74 Å². The molecule has 0 spiro atoms. The van der Waals surface area contributed by atoms with Crippen molar-refractivity contribution in [2.45, 2.75) is 26.4 Å². The first kappa shape index (κ1) is 16.7. The van der Waals surface area contributed by atoms with Crippen molar-refractivity contribution in [3.8, 4) is 11.8 Å². The first-order valence-corrected chi connectivity index (χ1v) is 6.32. The van der Waals surface area contributed by atoms with Gasteiger partial charge in [0.15, 0.2) is 0 Å². The van der Waals surface area contributed by atoms with Crippen molar-refractivity contribution < 1.29 is 14.5 Å². The van der Waals surface area contributed by atoms with Crippen LogP contribution in [0.15, 0.2) is 12.3 Å². The fourth-order valence-electron chi connectivity index (χ4n) is 1.19. The minimum absolute atomic E-state index is 0.0218. The topological polar surface area (TPSA) is 94.4 Å². The third-order valence-electron chi connectivity index (χ3n) is 1.98. The number of pyridine rings is 1. The minimum atomic E-state index is -0.597. The first-order valence-electron chi connectivity index (χ1n) is 5.95. The van der Waals surface area contributed by atoms with Crippen LogP contribution in [-0.4, -0.2) is 28.1 Å². The number of amides is 1. The number of rotatable bonds is 2. The van der Waals surface area contributed by atoms with Crippen molar-refractivity contribution >= 4 is 23.4 Å². The number of aromatic nitrogens is 1. The summed E-state index contributed by atoms with van der Waals surface area (Å²) in [6.45, 7) is 5.25. The molecule has 7 nitrogen and oxygen atoms in total. The van der Waals surface area contributed by atoms with Gasteiger partial charge >= 0.3 is 6.09 Å². The van der Waals surface area contributed by atoms with E-state index in [0.29, 0.717) is 0 Å². The van der Waals surface area contributed by atoms with E-state index in [1.54, 1.807) is 20.8 Å². The second-order valence-corrected chi connectivity index (χ2v) is 5.30. The molecule has 1 heterocycles. The molecule has 21 heavy (non-hydrogen) atoms. The lowest BCUT2D eigenvalue weighted by Crippen LogP contribution is -2.32. The highest BCUT2D eigenvalue weighted by atomic mass is 35.5.